The van der Waals surface area contributed by atoms with Crippen LogP contribution in [0.5, 0.6) is 0 Å². The highest BCUT2D eigenvalue weighted by atomic mass is 32.1. The molecule has 0 unspecified atom stereocenters. The van der Waals surface area contributed by atoms with Crippen molar-refractivity contribution in [2.45, 2.75) is 6.92 Å². The van der Waals surface area contributed by atoms with E-state index in [4.69, 9.17) is 11.5 Å². The van der Waals surface area contributed by atoms with E-state index in [1.54, 1.807) is 0 Å². The smallest absolute Gasteiger partial charge is 0.222 e. The molecule has 3 aromatic rings. The Morgan fingerprint density at radius 3 is 2.50 bits per heavy atom. The molecule has 108 valence electrons. The average Bonchev–Trinajstić information content (AvgIpc) is 2.93. The number of aryl methyl sites for hydroxylation is 1. The van der Waals surface area contributed by atoms with Gasteiger partial charge in [0, 0.05) is 11.1 Å². The van der Waals surface area contributed by atoms with Gasteiger partial charge in [-0.15, -0.1) is 0 Å². The van der Waals surface area contributed by atoms with Crippen molar-refractivity contribution in [3.8, 4) is 27.8 Å². The number of nitrogens with two attached hydrogens (primary N) is 2. The van der Waals surface area contributed by atoms with Crippen LogP contribution in [0.2, 0.25) is 0 Å². The maximum absolute atomic E-state index is 9.36. The fourth-order valence-electron chi connectivity index (χ4n) is 2.20. The number of benzene rings is 1. The minimum atomic E-state index is 0.0433. The molecule has 2 aromatic heterocycles. The van der Waals surface area contributed by atoms with Gasteiger partial charge in [-0.25, -0.2) is 4.98 Å². The van der Waals surface area contributed by atoms with Crippen molar-refractivity contribution in [2.24, 2.45) is 0 Å². The van der Waals surface area contributed by atoms with Gasteiger partial charge >= 0.3 is 0 Å². The van der Waals surface area contributed by atoms with E-state index in [9.17, 15) is 5.26 Å². The largest absolute Gasteiger partial charge is 0.382 e. The second kappa shape index (κ2) is 5.42. The first-order valence-corrected chi connectivity index (χ1v) is 7.23. The number of anilines is 2. The zero-order chi connectivity index (χ0) is 15.7. The second-order valence-electron chi connectivity index (χ2n) is 4.68. The van der Waals surface area contributed by atoms with E-state index in [1.165, 1.54) is 11.5 Å². The zero-order valence-corrected chi connectivity index (χ0v) is 12.6. The number of hydrogen-bond acceptors (Lipinski definition) is 7. The lowest BCUT2D eigenvalue weighted by molar-refractivity contribution is 1.18. The summed E-state index contributed by atoms with van der Waals surface area (Å²) < 4.78 is 4.30. The Hall–Kier alpha value is -2.98. The lowest BCUT2D eigenvalue weighted by atomic mass is 10.00. The third-order valence-corrected chi connectivity index (χ3v) is 4.06. The molecule has 0 spiro atoms. The molecule has 22 heavy (non-hydrogen) atoms. The molecule has 0 fully saturated rings. The molecule has 0 aliphatic carbocycles. The number of rotatable bonds is 2. The topological polar surface area (TPSA) is 114 Å². The van der Waals surface area contributed by atoms with Gasteiger partial charge < -0.3 is 11.5 Å². The van der Waals surface area contributed by atoms with Gasteiger partial charge in [-0.05, 0) is 24.5 Å². The molecule has 0 radical (unpaired) electrons. The summed E-state index contributed by atoms with van der Waals surface area (Å²) >= 11 is 1.39. The molecule has 0 aliphatic rings. The minimum Gasteiger partial charge on any atom is -0.382 e. The fraction of sp³-hybridized carbons (Fsp3) is 0.0667. The van der Waals surface area contributed by atoms with Crippen LogP contribution in [0.15, 0.2) is 30.3 Å². The molecule has 4 N–H and O–H groups in total. The molecule has 0 atom stereocenters. The van der Waals surface area contributed by atoms with Crippen LogP contribution in [0, 0.1) is 18.3 Å². The Morgan fingerprint density at radius 2 is 1.86 bits per heavy atom. The van der Waals surface area contributed by atoms with Crippen LogP contribution in [-0.2, 0) is 0 Å². The summed E-state index contributed by atoms with van der Waals surface area (Å²) in [6.07, 6.45) is 0. The second-order valence-corrected chi connectivity index (χ2v) is 5.49. The Morgan fingerprint density at radius 1 is 1.14 bits per heavy atom. The highest BCUT2D eigenvalue weighted by Gasteiger charge is 2.17. The summed E-state index contributed by atoms with van der Waals surface area (Å²) in [5, 5.41) is 9.36. The van der Waals surface area contributed by atoms with E-state index in [1.807, 2.05) is 37.3 Å². The maximum Gasteiger partial charge on any atom is 0.222 e. The van der Waals surface area contributed by atoms with Crippen molar-refractivity contribution < 1.29 is 0 Å². The van der Waals surface area contributed by atoms with E-state index in [0.717, 1.165) is 21.7 Å². The Bertz CT molecular complexity index is 893. The predicted octanol–water partition coefficient (Wildman–Crippen LogP) is 2.61. The lowest BCUT2D eigenvalue weighted by Crippen LogP contribution is -2.05. The number of nitrogen functional groups attached to an aromatic ring is 2. The Balaban J connectivity index is 2.29. The van der Waals surface area contributed by atoms with Crippen LogP contribution < -0.4 is 11.5 Å². The standard InChI is InChI=1S/C15H12N6S/c1-8-6-12(22-21-8)9-4-2-3-5-10(9)13-11(7-16)14(17)20-15(18)19-13/h2-6H,1H3,(H4,17,18,19,20). The molecule has 0 amide bonds. The van der Waals surface area contributed by atoms with Gasteiger partial charge in [-0.3, -0.25) is 0 Å². The number of aromatic nitrogens is 3. The van der Waals surface area contributed by atoms with Crippen molar-refractivity contribution >= 4 is 23.3 Å². The molecule has 2 heterocycles. The highest BCUT2D eigenvalue weighted by molar-refractivity contribution is 7.09. The van der Waals surface area contributed by atoms with Gasteiger partial charge in [-0.2, -0.15) is 14.6 Å². The summed E-state index contributed by atoms with van der Waals surface area (Å²) in [4.78, 5) is 9.06. The van der Waals surface area contributed by atoms with Crippen molar-refractivity contribution in [1.29, 1.82) is 5.26 Å². The summed E-state index contributed by atoms with van der Waals surface area (Å²) in [5.41, 5.74) is 14.8. The van der Waals surface area contributed by atoms with Crippen molar-refractivity contribution in [2.75, 3.05) is 11.5 Å². The lowest BCUT2D eigenvalue weighted by Gasteiger charge is -2.10. The van der Waals surface area contributed by atoms with Gasteiger partial charge in [0.05, 0.1) is 16.3 Å². The van der Waals surface area contributed by atoms with Gasteiger partial charge in [-0.1, -0.05) is 24.3 Å². The van der Waals surface area contributed by atoms with Crippen LogP contribution in [0.4, 0.5) is 11.8 Å². The molecule has 7 heteroatoms. The van der Waals surface area contributed by atoms with Crippen LogP contribution in [0.25, 0.3) is 21.7 Å². The summed E-state index contributed by atoms with van der Waals surface area (Å²) in [5.74, 6) is 0.127. The van der Waals surface area contributed by atoms with E-state index in [2.05, 4.69) is 20.4 Å². The van der Waals surface area contributed by atoms with Crippen LogP contribution in [0.3, 0.4) is 0 Å². The van der Waals surface area contributed by atoms with Crippen molar-refractivity contribution in [3.63, 3.8) is 0 Å². The maximum atomic E-state index is 9.36. The molecule has 0 saturated carbocycles. The summed E-state index contributed by atoms with van der Waals surface area (Å²) in [6.45, 7) is 1.93. The quantitative estimate of drug-likeness (QED) is 0.752. The highest BCUT2D eigenvalue weighted by Crippen LogP contribution is 2.36. The monoisotopic (exact) mass is 308 g/mol. The molecular weight excluding hydrogens is 296 g/mol. The van der Waals surface area contributed by atoms with Crippen molar-refractivity contribution in [3.05, 3.63) is 41.6 Å². The molecule has 1 aromatic carbocycles. The number of hydrogen-bond donors (Lipinski definition) is 2. The molecule has 0 aliphatic heterocycles. The Labute approximate surface area is 131 Å². The van der Waals surface area contributed by atoms with E-state index in [-0.39, 0.29) is 17.3 Å². The van der Waals surface area contributed by atoms with Crippen molar-refractivity contribution in [1.82, 2.24) is 14.3 Å². The molecule has 3 rings (SSSR count). The van der Waals surface area contributed by atoms with Crippen LogP contribution in [0.1, 0.15) is 11.3 Å². The molecule has 0 bridgehead atoms. The van der Waals surface area contributed by atoms with E-state index >= 15 is 0 Å². The molecule has 0 saturated heterocycles. The normalized spacial score (nSPS) is 10.4. The van der Waals surface area contributed by atoms with Crippen LogP contribution >= 0.6 is 11.5 Å². The van der Waals surface area contributed by atoms with Gasteiger partial charge in [0.1, 0.15) is 17.5 Å². The first-order chi connectivity index (χ1) is 10.6. The summed E-state index contributed by atoms with van der Waals surface area (Å²) in [6, 6.07) is 11.7. The first kappa shape index (κ1) is 14.0. The number of nitrogens with zero attached hydrogens (tertiary/aromatic N) is 4. The van der Waals surface area contributed by atoms with E-state index < -0.39 is 0 Å². The minimum absolute atomic E-state index is 0.0433. The first-order valence-electron chi connectivity index (χ1n) is 6.46. The predicted molar refractivity (Wildman–Crippen MR) is 86.9 cm³/mol. The SMILES string of the molecule is Cc1cc(-c2ccccc2-c2nc(N)nc(N)c2C#N)sn1. The Kier molecular flexibility index (Phi) is 3.45. The zero-order valence-electron chi connectivity index (χ0n) is 11.7. The van der Waals surface area contributed by atoms with Crippen LogP contribution in [-0.4, -0.2) is 14.3 Å². The summed E-state index contributed by atoms with van der Waals surface area (Å²) in [7, 11) is 0. The van der Waals surface area contributed by atoms with E-state index in [0.29, 0.717) is 5.69 Å². The fourth-order valence-corrected chi connectivity index (χ4v) is 2.99. The van der Waals surface area contributed by atoms with Gasteiger partial charge in [0.25, 0.3) is 0 Å². The number of nitriles is 1. The molecular formula is C15H12N6S. The average molecular weight is 308 g/mol. The third kappa shape index (κ3) is 2.36. The third-order valence-electron chi connectivity index (χ3n) is 3.14. The molecule has 6 nitrogen and oxygen atoms in total. The van der Waals surface area contributed by atoms with Gasteiger partial charge in [0.2, 0.25) is 5.95 Å². The van der Waals surface area contributed by atoms with Gasteiger partial charge in [0.15, 0.2) is 0 Å².